The molecule has 0 aliphatic heterocycles. The highest BCUT2D eigenvalue weighted by Gasteiger charge is 2.13. The fourth-order valence-electron chi connectivity index (χ4n) is 2.59. The highest BCUT2D eigenvalue weighted by molar-refractivity contribution is 9.10. The van der Waals surface area contributed by atoms with Crippen LogP contribution in [-0.2, 0) is 4.79 Å². The second-order valence-electron chi connectivity index (χ2n) is 7.25. The minimum Gasteiger partial charge on any atom is -0.490 e. The Labute approximate surface area is 196 Å². The zero-order valence-corrected chi connectivity index (χ0v) is 20.2. The molecule has 2 rings (SSSR count). The molecule has 7 nitrogen and oxygen atoms in total. The summed E-state index contributed by atoms with van der Waals surface area (Å²) >= 11 is 8.45. The number of para-hydroxylation sites is 1. The fraction of sp³-hybridized carbons (Fsp3) is 0.318. The van der Waals surface area contributed by atoms with E-state index >= 15 is 0 Å². The van der Waals surface area contributed by atoms with Gasteiger partial charge in [-0.1, -0.05) is 32.0 Å². The first kappa shape index (κ1) is 24.6. The Hall–Kier alpha value is -2.65. The summed E-state index contributed by atoms with van der Waals surface area (Å²) in [6.45, 7) is 7.74. The van der Waals surface area contributed by atoms with Crippen LogP contribution >= 0.6 is 28.1 Å². The van der Waals surface area contributed by atoms with Gasteiger partial charge in [0.15, 0.2) is 11.7 Å². The van der Waals surface area contributed by atoms with Gasteiger partial charge < -0.3 is 9.47 Å². The molecule has 31 heavy (non-hydrogen) atoms. The van der Waals surface area contributed by atoms with Gasteiger partial charge in [0.2, 0.25) is 0 Å². The third kappa shape index (κ3) is 7.84. The van der Waals surface area contributed by atoms with Crippen LogP contribution in [0.2, 0.25) is 0 Å². The molecule has 166 valence electrons. The number of halogens is 1. The predicted molar refractivity (Wildman–Crippen MR) is 127 cm³/mol. The molecule has 0 saturated carbocycles. The van der Waals surface area contributed by atoms with E-state index in [1.54, 1.807) is 18.2 Å². The lowest BCUT2D eigenvalue weighted by Crippen LogP contribution is -2.49. The summed E-state index contributed by atoms with van der Waals surface area (Å²) in [5, 5.41) is 2.46. The highest BCUT2D eigenvalue weighted by atomic mass is 79.9. The maximum Gasteiger partial charge on any atom is 0.276 e. The van der Waals surface area contributed by atoms with Crippen LogP contribution in [0.25, 0.3) is 0 Å². The Morgan fingerprint density at radius 1 is 1.03 bits per heavy atom. The van der Waals surface area contributed by atoms with Gasteiger partial charge in [0.25, 0.3) is 11.8 Å². The van der Waals surface area contributed by atoms with Crippen LogP contribution in [0.3, 0.4) is 0 Å². The summed E-state index contributed by atoms with van der Waals surface area (Å²) in [5.41, 5.74) is 6.29. The van der Waals surface area contributed by atoms with Crippen LogP contribution in [0.5, 0.6) is 11.5 Å². The van der Waals surface area contributed by atoms with Crippen LogP contribution in [0.4, 0.5) is 0 Å². The molecule has 0 aliphatic carbocycles. The van der Waals surface area contributed by atoms with Crippen LogP contribution in [-0.4, -0.2) is 29.6 Å². The molecule has 9 heteroatoms. The van der Waals surface area contributed by atoms with Gasteiger partial charge in [-0.2, -0.15) is 0 Å². The molecule has 0 bridgehead atoms. The smallest absolute Gasteiger partial charge is 0.276 e. The summed E-state index contributed by atoms with van der Waals surface area (Å²) in [6.07, 6.45) is 0.0131. The summed E-state index contributed by atoms with van der Waals surface area (Å²) in [5.74, 6) is 0.697. The lowest BCUT2D eigenvalue weighted by molar-refractivity contribution is -0.123. The Kier molecular flexibility index (Phi) is 9.26. The Morgan fingerprint density at radius 2 is 1.74 bits per heavy atom. The number of hydrogen-bond acceptors (Lipinski definition) is 5. The first-order chi connectivity index (χ1) is 14.7. The SMILES string of the molecule is CC(C)Oc1ccc(C(=O)NC(=S)NNC(=O)COc2ccccc2C(C)C)cc1Br. The zero-order valence-electron chi connectivity index (χ0n) is 17.8. The second-order valence-corrected chi connectivity index (χ2v) is 8.51. The maximum absolute atomic E-state index is 12.4. The normalized spacial score (nSPS) is 10.5. The van der Waals surface area contributed by atoms with Gasteiger partial charge in [0.1, 0.15) is 11.5 Å². The van der Waals surface area contributed by atoms with Crippen molar-refractivity contribution in [2.24, 2.45) is 0 Å². The molecule has 0 unspecified atom stereocenters. The number of rotatable bonds is 7. The predicted octanol–water partition coefficient (Wildman–Crippen LogP) is 4.07. The Balaban J connectivity index is 1.81. The molecule has 2 aromatic carbocycles. The summed E-state index contributed by atoms with van der Waals surface area (Å²) in [4.78, 5) is 24.4. The topological polar surface area (TPSA) is 88.7 Å². The number of carbonyl (C=O) groups is 2. The van der Waals surface area contributed by atoms with Crippen molar-refractivity contribution in [3.05, 3.63) is 58.1 Å². The number of nitrogens with one attached hydrogen (secondary N) is 3. The minimum atomic E-state index is -0.437. The molecule has 3 N–H and O–H groups in total. The molecule has 0 aromatic heterocycles. The molecule has 0 heterocycles. The molecule has 0 fully saturated rings. The molecular formula is C22H26BrN3O4S. The average Bonchev–Trinajstić information content (AvgIpc) is 2.72. The molecule has 0 atom stereocenters. The lowest BCUT2D eigenvalue weighted by atomic mass is 10.0. The van der Waals surface area contributed by atoms with Crippen LogP contribution in [0, 0.1) is 0 Å². The van der Waals surface area contributed by atoms with Crippen molar-refractivity contribution >= 4 is 45.1 Å². The van der Waals surface area contributed by atoms with E-state index in [-0.39, 0.29) is 23.7 Å². The number of thiocarbonyl (C=S) groups is 1. The molecule has 0 aliphatic rings. The van der Waals surface area contributed by atoms with Crippen molar-refractivity contribution < 1.29 is 19.1 Å². The zero-order chi connectivity index (χ0) is 23.0. The monoisotopic (exact) mass is 507 g/mol. The molecule has 0 radical (unpaired) electrons. The first-order valence-corrected chi connectivity index (χ1v) is 11.0. The summed E-state index contributed by atoms with van der Waals surface area (Å²) in [7, 11) is 0. The first-order valence-electron chi connectivity index (χ1n) is 9.75. The van der Waals surface area contributed by atoms with E-state index in [9.17, 15) is 9.59 Å². The highest BCUT2D eigenvalue weighted by Crippen LogP contribution is 2.27. The van der Waals surface area contributed by atoms with E-state index in [1.165, 1.54) is 0 Å². The maximum atomic E-state index is 12.4. The van der Waals surface area contributed by atoms with Crippen molar-refractivity contribution in [3.8, 4) is 11.5 Å². The van der Waals surface area contributed by atoms with Crippen molar-refractivity contribution in [3.63, 3.8) is 0 Å². The van der Waals surface area contributed by atoms with Crippen molar-refractivity contribution in [2.45, 2.75) is 39.7 Å². The molecule has 2 amide bonds. The van der Waals surface area contributed by atoms with Crippen LogP contribution in [0.1, 0.15) is 49.5 Å². The molecule has 0 spiro atoms. The van der Waals surface area contributed by atoms with E-state index < -0.39 is 11.8 Å². The van der Waals surface area contributed by atoms with Crippen LogP contribution in [0.15, 0.2) is 46.9 Å². The van der Waals surface area contributed by atoms with Gasteiger partial charge in [0.05, 0.1) is 10.6 Å². The van der Waals surface area contributed by atoms with Crippen molar-refractivity contribution in [1.82, 2.24) is 16.2 Å². The molecular weight excluding hydrogens is 482 g/mol. The van der Waals surface area contributed by atoms with Gasteiger partial charge in [-0.05, 0) is 77.7 Å². The van der Waals surface area contributed by atoms with Gasteiger partial charge in [-0.15, -0.1) is 0 Å². The number of benzene rings is 2. The number of carbonyl (C=O) groups excluding carboxylic acids is 2. The average molecular weight is 508 g/mol. The standard InChI is InChI=1S/C22H26BrN3O4S/c1-13(2)16-7-5-6-8-18(16)29-12-20(27)25-26-22(31)24-21(28)15-9-10-19(17(23)11-15)30-14(3)4/h5-11,13-14H,12H2,1-4H3,(H,25,27)(H2,24,26,28,31). The van der Waals surface area contributed by atoms with E-state index in [0.29, 0.717) is 21.5 Å². The fourth-order valence-corrected chi connectivity index (χ4v) is 3.21. The van der Waals surface area contributed by atoms with Crippen molar-refractivity contribution in [2.75, 3.05) is 6.61 Å². The minimum absolute atomic E-state index is 0.0131. The Morgan fingerprint density at radius 3 is 2.39 bits per heavy atom. The third-order valence-corrected chi connectivity index (χ3v) is 4.82. The van der Waals surface area contributed by atoms with E-state index in [1.807, 2.05) is 52.0 Å². The van der Waals surface area contributed by atoms with Gasteiger partial charge in [-0.3, -0.25) is 25.8 Å². The number of amides is 2. The summed E-state index contributed by atoms with van der Waals surface area (Å²) < 4.78 is 11.9. The van der Waals surface area contributed by atoms with E-state index in [4.69, 9.17) is 21.7 Å². The van der Waals surface area contributed by atoms with E-state index in [2.05, 4.69) is 32.1 Å². The number of ether oxygens (including phenoxy) is 2. The van der Waals surface area contributed by atoms with E-state index in [0.717, 1.165) is 5.56 Å². The van der Waals surface area contributed by atoms with Crippen LogP contribution < -0.4 is 25.6 Å². The summed E-state index contributed by atoms with van der Waals surface area (Å²) in [6, 6.07) is 12.5. The van der Waals surface area contributed by atoms with Gasteiger partial charge >= 0.3 is 0 Å². The quantitative estimate of drug-likeness (QED) is 0.386. The molecule has 2 aromatic rings. The number of hydrogen-bond donors (Lipinski definition) is 3. The van der Waals surface area contributed by atoms with Gasteiger partial charge in [0, 0.05) is 5.56 Å². The third-order valence-electron chi connectivity index (χ3n) is 4.00. The number of hydrazine groups is 1. The Bertz CT molecular complexity index is 950. The van der Waals surface area contributed by atoms with Gasteiger partial charge in [-0.25, -0.2) is 0 Å². The molecule has 0 saturated heterocycles. The van der Waals surface area contributed by atoms with Crippen molar-refractivity contribution in [1.29, 1.82) is 0 Å². The lowest BCUT2D eigenvalue weighted by Gasteiger charge is -2.15. The second kappa shape index (κ2) is 11.7. The largest absolute Gasteiger partial charge is 0.490 e.